The molecular formula is C28H34N4O2. The minimum absolute atomic E-state index is 0.0191. The van der Waals surface area contributed by atoms with Crippen molar-refractivity contribution in [1.29, 1.82) is 0 Å². The molecule has 0 unspecified atom stereocenters. The lowest BCUT2D eigenvalue weighted by Gasteiger charge is -2.35. The molecule has 6 heteroatoms. The van der Waals surface area contributed by atoms with Gasteiger partial charge in [-0.05, 0) is 87.6 Å². The summed E-state index contributed by atoms with van der Waals surface area (Å²) in [6.45, 7) is 15.3. The second-order valence-corrected chi connectivity index (χ2v) is 9.41. The summed E-state index contributed by atoms with van der Waals surface area (Å²) in [7, 11) is 0. The number of anilines is 1. The molecule has 0 radical (unpaired) electrons. The molecule has 1 saturated heterocycles. The van der Waals surface area contributed by atoms with Crippen molar-refractivity contribution in [3.63, 3.8) is 0 Å². The van der Waals surface area contributed by atoms with E-state index in [4.69, 9.17) is 4.74 Å². The molecule has 1 aliphatic rings. The Morgan fingerprint density at radius 1 is 0.794 bits per heavy atom. The van der Waals surface area contributed by atoms with Gasteiger partial charge >= 0.3 is 0 Å². The molecule has 2 heterocycles. The second-order valence-electron chi connectivity index (χ2n) is 9.41. The fraction of sp³-hybridized carbons (Fsp3) is 0.393. The van der Waals surface area contributed by atoms with Gasteiger partial charge in [-0.25, -0.2) is 0 Å². The third-order valence-electron chi connectivity index (χ3n) is 6.67. The molecule has 1 aromatic heterocycles. The van der Waals surface area contributed by atoms with Gasteiger partial charge in [0.25, 0.3) is 5.91 Å². The second kappa shape index (κ2) is 9.84. The summed E-state index contributed by atoms with van der Waals surface area (Å²) in [6, 6.07) is 12.6. The van der Waals surface area contributed by atoms with Crippen LogP contribution in [0.4, 0.5) is 5.82 Å². The van der Waals surface area contributed by atoms with Crippen molar-refractivity contribution < 1.29 is 9.53 Å². The van der Waals surface area contributed by atoms with E-state index in [0.717, 1.165) is 47.0 Å². The number of rotatable bonds is 5. The smallest absolute Gasteiger partial charge is 0.260 e. The van der Waals surface area contributed by atoms with E-state index >= 15 is 0 Å². The summed E-state index contributed by atoms with van der Waals surface area (Å²) in [5.41, 5.74) is 9.08. The number of hydrogen-bond donors (Lipinski definition) is 0. The number of benzene rings is 2. The summed E-state index contributed by atoms with van der Waals surface area (Å²) in [5.74, 6) is 1.68. The van der Waals surface area contributed by atoms with Gasteiger partial charge in [0.1, 0.15) is 5.75 Å². The highest BCUT2D eigenvalue weighted by atomic mass is 16.5. The highest BCUT2D eigenvalue weighted by Crippen LogP contribution is 2.26. The lowest BCUT2D eigenvalue weighted by Crippen LogP contribution is -2.50. The van der Waals surface area contributed by atoms with Crippen molar-refractivity contribution >= 4 is 11.7 Å². The SMILES string of the molecule is Cc1cc(C)c(OCC(=O)N2CCN(c3ccc(-c4cc(C)c(C)cc4C)nn3)CC2)c(C)c1. The number of piperazine rings is 1. The minimum atomic E-state index is 0.0191. The summed E-state index contributed by atoms with van der Waals surface area (Å²) in [4.78, 5) is 16.8. The Labute approximate surface area is 202 Å². The van der Waals surface area contributed by atoms with E-state index < -0.39 is 0 Å². The summed E-state index contributed by atoms with van der Waals surface area (Å²) < 4.78 is 5.90. The first kappa shape index (κ1) is 23.7. The zero-order valence-corrected chi connectivity index (χ0v) is 21.1. The quantitative estimate of drug-likeness (QED) is 0.554. The molecule has 1 amide bonds. The first-order valence-electron chi connectivity index (χ1n) is 11.9. The highest BCUT2D eigenvalue weighted by molar-refractivity contribution is 5.78. The normalized spacial score (nSPS) is 13.8. The fourth-order valence-electron chi connectivity index (χ4n) is 4.68. The first-order valence-corrected chi connectivity index (χ1v) is 11.9. The average molecular weight is 459 g/mol. The van der Waals surface area contributed by atoms with Crippen LogP contribution in [0.1, 0.15) is 33.4 Å². The van der Waals surface area contributed by atoms with Gasteiger partial charge in [0, 0.05) is 31.7 Å². The molecule has 0 saturated carbocycles. The monoisotopic (exact) mass is 458 g/mol. The predicted octanol–water partition coefficient (Wildman–Crippen LogP) is 4.72. The predicted molar refractivity (Wildman–Crippen MR) is 137 cm³/mol. The van der Waals surface area contributed by atoms with Gasteiger partial charge in [-0.3, -0.25) is 4.79 Å². The molecular weight excluding hydrogens is 424 g/mol. The van der Waals surface area contributed by atoms with Crippen LogP contribution in [0.15, 0.2) is 36.4 Å². The van der Waals surface area contributed by atoms with Crippen LogP contribution in [0.5, 0.6) is 5.75 Å². The number of nitrogens with zero attached hydrogens (tertiary/aromatic N) is 4. The van der Waals surface area contributed by atoms with E-state index in [1.807, 2.05) is 30.9 Å². The molecule has 1 fully saturated rings. The van der Waals surface area contributed by atoms with Crippen LogP contribution in [0.3, 0.4) is 0 Å². The topological polar surface area (TPSA) is 58.6 Å². The van der Waals surface area contributed by atoms with Crippen LogP contribution in [0, 0.1) is 41.5 Å². The molecule has 1 aliphatic heterocycles. The van der Waals surface area contributed by atoms with Gasteiger partial charge in [-0.2, -0.15) is 0 Å². The average Bonchev–Trinajstić information content (AvgIpc) is 2.81. The third kappa shape index (κ3) is 5.06. The standard InChI is InChI=1S/C28H34N4O2/c1-18-13-22(5)28(23(6)14-18)34-17-27(33)32-11-9-31(10-12-32)26-8-7-25(29-30-26)24-16-20(3)19(2)15-21(24)4/h7-8,13-16H,9-12,17H2,1-6H3. The number of aryl methyl sites for hydroxylation is 6. The van der Waals surface area contributed by atoms with Gasteiger partial charge in [-0.15, -0.1) is 10.2 Å². The molecule has 3 aromatic rings. The van der Waals surface area contributed by atoms with Crippen LogP contribution < -0.4 is 9.64 Å². The number of carbonyl (C=O) groups excluding carboxylic acids is 1. The molecule has 0 bridgehead atoms. The number of amides is 1. The highest BCUT2D eigenvalue weighted by Gasteiger charge is 2.23. The molecule has 34 heavy (non-hydrogen) atoms. The lowest BCUT2D eigenvalue weighted by molar-refractivity contribution is -0.133. The van der Waals surface area contributed by atoms with Crippen LogP contribution in [-0.2, 0) is 4.79 Å². The number of carbonyl (C=O) groups is 1. The molecule has 4 rings (SSSR count). The molecule has 0 spiro atoms. The van der Waals surface area contributed by atoms with E-state index in [2.05, 4.69) is 67.1 Å². The van der Waals surface area contributed by atoms with Crippen LogP contribution >= 0.6 is 0 Å². The summed E-state index contributed by atoms with van der Waals surface area (Å²) in [6.07, 6.45) is 0. The van der Waals surface area contributed by atoms with E-state index in [9.17, 15) is 4.79 Å². The van der Waals surface area contributed by atoms with E-state index in [1.54, 1.807) is 0 Å². The number of ether oxygens (including phenoxy) is 1. The van der Waals surface area contributed by atoms with E-state index in [-0.39, 0.29) is 12.5 Å². The Balaban J connectivity index is 1.34. The van der Waals surface area contributed by atoms with Crippen molar-refractivity contribution in [2.24, 2.45) is 0 Å². The molecule has 0 atom stereocenters. The largest absolute Gasteiger partial charge is 0.483 e. The van der Waals surface area contributed by atoms with Crippen molar-refractivity contribution in [3.05, 3.63) is 69.8 Å². The maximum absolute atomic E-state index is 12.7. The Bertz CT molecular complexity index is 1170. The Morgan fingerprint density at radius 2 is 1.44 bits per heavy atom. The maximum atomic E-state index is 12.7. The molecule has 0 N–H and O–H groups in total. The van der Waals surface area contributed by atoms with Crippen molar-refractivity contribution in [2.45, 2.75) is 41.5 Å². The van der Waals surface area contributed by atoms with Gasteiger partial charge in [-0.1, -0.05) is 23.8 Å². The third-order valence-corrected chi connectivity index (χ3v) is 6.67. The first-order chi connectivity index (χ1) is 16.2. The number of aromatic nitrogens is 2. The van der Waals surface area contributed by atoms with Crippen molar-refractivity contribution in [1.82, 2.24) is 15.1 Å². The summed E-state index contributed by atoms with van der Waals surface area (Å²) >= 11 is 0. The van der Waals surface area contributed by atoms with Gasteiger partial charge < -0.3 is 14.5 Å². The molecule has 178 valence electrons. The molecule has 0 aliphatic carbocycles. The lowest BCUT2D eigenvalue weighted by atomic mass is 9.99. The minimum Gasteiger partial charge on any atom is -0.483 e. The van der Waals surface area contributed by atoms with Gasteiger partial charge in [0.05, 0.1) is 5.69 Å². The van der Waals surface area contributed by atoms with Crippen LogP contribution in [0.25, 0.3) is 11.3 Å². The van der Waals surface area contributed by atoms with Gasteiger partial charge in [0.15, 0.2) is 12.4 Å². The van der Waals surface area contributed by atoms with E-state index in [0.29, 0.717) is 13.1 Å². The Hall–Kier alpha value is -3.41. The zero-order chi connectivity index (χ0) is 24.4. The summed E-state index contributed by atoms with van der Waals surface area (Å²) in [5, 5.41) is 9.00. The molecule has 2 aromatic carbocycles. The van der Waals surface area contributed by atoms with E-state index in [1.165, 1.54) is 22.3 Å². The Kier molecular flexibility index (Phi) is 6.87. The van der Waals surface area contributed by atoms with Gasteiger partial charge in [0.2, 0.25) is 0 Å². The van der Waals surface area contributed by atoms with Crippen LogP contribution in [0.2, 0.25) is 0 Å². The van der Waals surface area contributed by atoms with Crippen molar-refractivity contribution in [2.75, 3.05) is 37.7 Å². The number of hydrogen-bond acceptors (Lipinski definition) is 5. The maximum Gasteiger partial charge on any atom is 0.260 e. The Morgan fingerprint density at radius 3 is 2.06 bits per heavy atom. The molecule has 6 nitrogen and oxygen atoms in total. The fourth-order valence-corrected chi connectivity index (χ4v) is 4.68. The zero-order valence-electron chi connectivity index (χ0n) is 21.1. The van der Waals surface area contributed by atoms with Crippen LogP contribution in [-0.4, -0.2) is 53.8 Å². The van der Waals surface area contributed by atoms with Crippen molar-refractivity contribution in [3.8, 4) is 17.0 Å².